The van der Waals surface area contributed by atoms with Gasteiger partial charge in [0.05, 0.1) is 0 Å². The Morgan fingerprint density at radius 3 is 2.60 bits per heavy atom. The van der Waals surface area contributed by atoms with Crippen molar-refractivity contribution in [1.29, 1.82) is 0 Å². The highest BCUT2D eigenvalue weighted by molar-refractivity contribution is 5.75. The molecule has 0 aliphatic heterocycles. The van der Waals surface area contributed by atoms with Crippen molar-refractivity contribution in [3.63, 3.8) is 0 Å². The molecule has 0 heterocycles. The normalized spacial score (nSPS) is 16.1. The van der Waals surface area contributed by atoms with Crippen LogP contribution in [0.5, 0.6) is 0 Å². The van der Waals surface area contributed by atoms with E-state index in [0.29, 0.717) is 12.3 Å². The number of carbonyl (C=O) groups is 1. The fourth-order valence-electron chi connectivity index (χ4n) is 1.95. The van der Waals surface area contributed by atoms with E-state index in [4.69, 9.17) is 5.73 Å². The van der Waals surface area contributed by atoms with Gasteiger partial charge in [-0.1, -0.05) is 12.8 Å². The van der Waals surface area contributed by atoms with E-state index in [9.17, 15) is 4.79 Å². The van der Waals surface area contributed by atoms with Crippen molar-refractivity contribution >= 4 is 5.91 Å². The van der Waals surface area contributed by atoms with Gasteiger partial charge in [0.1, 0.15) is 0 Å². The SMILES string of the molecule is CN(CC1CCC1)C(=O)CCCCCN. The van der Waals surface area contributed by atoms with E-state index in [1.54, 1.807) is 0 Å². The summed E-state index contributed by atoms with van der Waals surface area (Å²) in [4.78, 5) is 13.6. The molecule has 1 aliphatic rings. The molecule has 88 valence electrons. The van der Waals surface area contributed by atoms with Crippen molar-refractivity contribution in [3.05, 3.63) is 0 Å². The average Bonchev–Trinajstić information content (AvgIpc) is 2.17. The Morgan fingerprint density at radius 1 is 1.33 bits per heavy atom. The lowest BCUT2D eigenvalue weighted by Crippen LogP contribution is -2.34. The molecule has 0 radical (unpaired) electrons. The minimum atomic E-state index is 0.305. The largest absolute Gasteiger partial charge is 0.345 e. The zero-order valence-corrected chi connectivity index (χ0v) is 9.87. The van der Waals surface area contributed by atoms with Crippen molar-refractivity contribution in [2.75, 3.05) is 20.1 Å². The quantitative estimate of drug-likeness (QED) is 0.654. The van der Waals surface area contributed by atoms with Gasteiger partial charge in [0.25, 0.3) is 0 Å². The fraction of sp³-hybridized carbons (Fsp3) is 0.917. The van der Waals surface area contributed by atoms with E-state index in [-0.39, 0.29) is 0 Å². The van der Waals surface area contributed by atoms with Gasteiger partial charge in [0.15, 0.2) is 0 Å². The van der Waals surface area contributed by atoms with E-state index in [1.165, 1.54) is 19.3 Å². The zero-order chi connectivity index (χ0) is 11.1. The maximum absolute atomic E-state index is 11.7. The molecule has 0 saturated heterocycles. The van der Waals surface area contributed by atoms with E-state index in [0.717, 1.165) is 38.3 Å². The van der Waals surface area contributed by atoms with Crippen LogP contribution in [0.3, 0.4) is 0 Å². The van der Waals surface area contributed by atoms with Gasteiger partial charge in [-0.15, -0.1) is 0 Å². The van der Waals surface area contributed by atoms with Crippen LogP contribution in [-0.4, -0.2) is 30.9 Å². The molecule has 1 fully saturated rings. The monoisotopic (exact) mass is 212 g/mol. The van der Waals surface area contributed by atoms with Gasteiger partial charge in [0, 0.05) is 20.0 Å². The lowest BCUT2D eigenvalue weighted by atomic mass is 9.85. The molecule has 1 rings (SSSR count). The van der Waals surface area contributed by atoms with Gasteiger partial charge >= 0.3 is 0 Å². The van der Waals surface area contributed by atoms with Crippen LogP contribution >= 0.6 is 0 Å². The third kappa shape index (κ3) is 4.65. The summed E-state index contributed by atoms with van der Waals surface area (Å²) in [5.74, 6) is 1.09. The number of amides is 1. The maximum Gasteiger partial charge on any atom is 0.222 e. The highest BCUT2D eigenvalue weighted by Gasteiger charge is 2.20. The van der Waals surface area contributed by atoms with E-state index >= 15 is 0 Å². The summed E-state index contributed by atoms with van der Waals surface area (Å²) in [6, 6.07) is 0. The molecule has 0 aromatic heterocycles. The molecule has 1 saturated carbocycles. The van der Waals surface area contributed by atoms with Crippen molar-refractivity contribution in [3.8, 4) is 0 Å². The van der Waals surface area contributed by atoms with Crippen LogP contribution in [0.2, 0.25) is 0 Å². The number of carbonyl (C=O) groups excluding carboxylic acids is 1. The lowest BCUT2D eigenvalue weighted by molar-refractivity contribution is -0.130. The first-order chi connectivity index (χ1) is 7.24. The molecule has 0 spiro atoms. The number of hydrogen-bond acceptors (Lipinski definition) is 2. The summed E-state index contributed by atoms with van der Waals surface area (Å²) in [5, 5.41) is 0. The zero-order valence-electron chi connectivity index (χ0n) is 9.87. The Bertz CT molecular complexity index is 190. The predicted molar refractivity (Wildman–Crippen MR) is 62.5 cm³/mol. The van der Waals surface area contributed by atoms with Crippen LogP contribution in [0.1, 0.15) is 44.9 Å². The van der Waals surface area contributed by atoms with Crippen LogP contribution in [0.15, 0.2) is 0 Å². The minimum absolute atomic E-state index is 0.305. The number of nitrogens with zero attached hydrogens (tertiary/aromatic N) is 1. The Hall–Kier alpha value is -0.570. The Morgan fingerprint density at radius 2 is 2.07 bits per heavy atom. The van der Waals surface area contributed by atoms with Crippen molar-refractivity contribution < 1.29 is 4.79 Å². The van der Waals surface area contributed by atoms with Crippen molar-refractivity contribution in [2.45, 2.75) is 44.9 Å². The summed E-state index contributed by atoms with van der Waals surface area (Å²) >= 11 is 0. The van der Waals surface area contributed by atoms with Gasteiger partial charge < -0.3 is 10.6 Å². The van der Waals surface area contributed by atoms with Gasteiger partial charge in [-0.3, -0.25) is 4.79 Å². The summed E-state index contributed by atoms with van der Waals surface area (Å²) in [5.41, 5.74) is 5.40. The third-order valence-electron chi connectivity index (χ3n) is 3.28. The first-order valence-corrected chi connectivity index (χ1v) is 6.18. The van der Waals surface area contributed by atoms with Gasteiger partial charge in [-0.2, -0.15) is 0 Å². The molecule has 3 nitrogen and oxygen atoms in total. The minimum Gasteiger partial charge on any atom is -0.345 e. The molecule has 0 aromatic rings. The molecule has 2 N–H and O–H groups in total. The topological polar surface area (TPSA) is 46.3 Å². The Kier molecular flexibility index (Phi) is 5.69. The second-order valence-electron chi connectivity index (χ2n) is 4.67. The molecular weight excluding hydrogens is 188 g/mol. The second-order valence-corrected chi connectivity index (χ2v) is 4.67. The number of hydrogen-bond donors (Lipinski definition) is 1. The molecule has 15 heavy (non-hydrogen) atoms. The first-order valence-electron chi connectivity index (χ1n) is 6.18. The maximum atomic E-state index is 11.7. The smallest absolute Gasteiger partial charge is 0.222 e. The highest BCUT2D eigenvalue weighted by atomic mass is 16.2. The Labute approximate surface area is 93.0 Å². The summed E-state index contributed by atoms with van der Waals surface area (Å²) in [6.07, 6.45) is 7.78. The van der Waals surface area contributed by atoms with Gasteiger partial charge in [-0.25, -0.2) is 0 Å². The molecular formula is C12H24N2O. The lowest BCUT2D eigenvalue weighted by Gasteiger charge is -2.30. The molecule has 1 aliphatic carbocycles. The number of unbranched alkanes of at least 4 members (excludes halogenated alkanes) is 2. The van der Waals surface area contributed by atoms with E-state index in [1.807, 2.05) is 11.9 Å². The molecule has 1 amide bonds. The Balaban J connectivity index is 2.04. The molecule has 0 atom stereocenters. The van der Waals surface area contributed by atoms with Crippen LogP contribution in [-0.2, 0) is 4.79 Å². The molecule has 0 aromatic carbocycles. The van der Waals surface area contributed by atoms with E-state index < -0.39 is 0 Å². The fourth-order valence-corrected chi connectivity index (χ4v) is 1.95. The van der Waals surface area contributed by atoms with Crippen molar-refractivity contribution in [2.24, 2.45) is 11.7 Å². The number of rotatable bonds is 7. The van der Waals surface area contributed by atoms with Crippen LogP contribution in [0.25, 0.3) is 0 Å². The number of nitrogens with two attached hydrogens (primary N) is 1. The van der Waals surface area contributed by atoms with Crippen molar-refractivity contribution in [1.82, 2.24) is 4.90 Å². The second kappa shape index (κ2) is 6.83. The van der Waals surface area contributed by atoms with Crippen LogP contribution in [0, 0.1) is 5.92 Å². The summed E-state index contributed by atoms with van der Waals surface area (Å²) in [6.45, 7) is 1.71. The summed E-state index contributed by atoms with van der Waals surface area (Å²) < 4.78 is 0. The summed E-state index contributed by atoms with van der Waals surface area (Å²) in [7, 11) is 1.93. The van der Waals surface area contributed by atoms with E-state index in [2.05, 4.69) is 0 Å². The predicted octanol–water partition coefficient (Wildman–Crippen LogP) is 1.76. The molecule has 0 bridgehead atoms. The molecule has 3 heteroatoms. The average molecular weight is 212 g/mol. The standard InChI is InChI=1S/C12H24N2O/c1-14(10-11-6-5-7-11)12(15)8-3-2-4-9-13/h11H,2-10,13H2,1H3. The first kappa shape index (κ1) is 12.5. The van der Waals surface area contributed by atoms with Gasteiger partial charge in [-0.05, 0) is 38.1 Å². The van der Waals surface area contributed by atoms with Crippen LogP contribution < -0.4 is 5.73 Å². The third-order valence-corrected chi connectivity index (χ3v) is 3.28. The van der Waals surface area contributed by atoms with Gasteiger partial charge in [0.2, 0.25) is 5.91 Å². The van der Waals surface area contributed by atoms with Crippen LogP contribution in [0.4, 0.5) is 0 Å². The molecule has 0 unspecified atom stereocenters. The highest BCUT2D eigenvalue weighted by Crippen LogP contribution is 2.26.